The molecular weight excluding hydrogens is 398 g/mol. The summed E-state index contributed by atoms with van der Waals surface area (Å²) in [7, 11) is 0. The van der Waals surface area contributed by atoms with Gasteiger partial charge in [-0.05, 0) is 55.7 Å². The molecule has 0 spiro atoms. The van der Waals surface area contributed by atoms with Crippen LogP contribution in [0.4, 0.5) is 0 Å². The van der Waals surface area contributed by atoms with Gasteiger partial charge in [-0.15, -0.1) is 11.8 Å². The number of rotatable bonds is 5. The third-order valence-electron chi connectivity index (χ3n) is 5.96. The Bertz CT molecular complexity index is 1080. The zero-order valence-corrected chi connectivity index (χ0v) is 17.6. The fourth-order valence-corrected chi connectivity index (χ4v) is 5.36. The molecule has 154 valence electrons. The van der Waals surface area contributed by atoms with Crippen molar-refractivity contribution >= 4 is 34.5 Å². The van der Waals surface area contributed by atoms with Gasteiger partial charge in [0.25, 0.3) is 11.8 Å². The van der Waals surface area contributed by atoms with Crippen LogP contribution in [0, 0.1) is 0 Å². The summed E-state index contributed by atoms with van der Waals surface area (Å²) in [5, 5.41) is 8.25. The molecule has 6 nitrogen and oxygen atoms in total. The number of benzene rings is 2. The van der Waals surface area contributed by atoms with Crippen LogP contribution >= 0.6 is 11.8 Å². The van der Waals surface area contributed by atoms with Crippen molar-refractivity contribution in [3.05, 3.63) is 53.7 Å². The SMILES string of the molecule is CCSc1c(O[C@H]2CC[C@@H](N3C(=O)c4ccccc4C3=O)CC2)ccc2[nH]ncc12. The first kappa shape index (κ1) is 19.2. The minimum absolute atomic E-state index is 0.0573. The predicted octanol–water partition coefficient (Wildman–Crippen LogP) is 4.66. The summed E-state index contributed by atoms with van der Waals surface area (Å²) in [6.07, 6.45) is 5.09. The second kappa shape index (κ2) is 7.80. The Morgan fingerprint density at radius 3 is 2.43 bits per heavy atom. The highest BCUT2D eigenvalue weighted by Crippen LogP contribution is 2.38. The number of aromatic amines is 1. The van der Waals surface area contributed by atoms with Crippen LogP contribution in [-0.2, 0) is 0 Å². The average Bonchev–Trinajstić information content (AvgIpc) is 3.34. The quantitative estimate of drug-likeness (QED) is 0.479. The Labute approximate surface area is 179 Å². The lowest BCUT2D eigenvalue weighted by Gasteiger charge is -2.33. The van der Waals surface area contributed by atoms with Gasteiger partial charge in [0.05, 0.1) is 33.8 Å². The number of carbonyl (C=O) groups is 2. The molecule has 2 aromatic carbocycles. The summed E-state index contributed by atoms with van der Waals surface area (Å²) < 4.78 is 6.39. The molecule has 0 unspecified atom stereocenters. The van der Waals surface area contributed by atoms with Gasteiger partial charge in [0, 0.05) is 11.4 Å². The molecule has 30 heavy (non-hydrogen) atoms. The Kier molecular flexibility index (Phi) is 4.98. The topological polar surface area (TPSA) is 75.3 Å². The predicted molar refractivity (Wildman–Crippen MR) is 116 cm³/mol. The van der Waals surface area contributed by atoms with Crippen molar-refractivity contribution in [3.63, 3.8) is 0 Å². The van der Waals surface area contributed by atoms with E-state index < -0.39 is 0 Å². The number of amides is 2. The molecule has 1 aromatic heterocycles. The molecule has 2 aliphatic rings. The molecule has 0 saturated heterocycles. The average molecular weight is 422 g/mol. The van der Waals surface area contributed by atoms with Crippen molar-refractivity contribution in [3.8, 4) is 5.75 Å². The summed E-state index contributed by atoms with van der Waals surface area (Å²) in [5.74, 6) is 1.52. The first-order valence-corrected chi connectivity index (χ1v) is 11.4. The number of carbonyl (C=O) groups excluding carboxylic acids is 2. The second-order valence-electron chi connectivity index (χ2n) is 7.73. The van der Waals surface area contributed by atoms with Crippen molar-refractivity contribution in [2.45, 2.75) is 49.6 Å². The van der Waals surface area contributed by atoms with E-state index in [9.17, 15) is 9.59 Å². The monoisotopic (exact) mass is 421 g/mol. The Hall–Kier alpha value is -2.80. The molecule has 0 bridgehead atoms. The van der Waals surface area contributed by atoms with Crippen molar-refractivity contribution in [2.24, 2.45) is 0 Å². The molecule has 2 heterocycles. The maximum absolute atomic E-state index is 12.8. The van der Waals surface area contributed by atoms with Gasteiger partial charge in [0.2, 0.25) is 0 Å². The van der Waals surface area contributed by atoms with E-state index in [0.29, 0.717) is 11.1 Å². The largest absolute Gasteiger partial charge is 0.489 e. The molecule has 1 aliphatic heterocycles. The first-order valence-electron chi connectivity index (χ1n) is 10.4. The number of imide groups is 1. The Balaban J connectivity index is 1.28. The van der Waals surface area contributed by atoms with Gasteiger partial charge in [0.1, 0.15) is 5.75 Å². The van der Waals surface area contributed by atoms with Crippen molar-refractivity contribution < 1.29 is 14.3 Å². The van der Waals surface area contributed by atoms with Crippen LogP contribution in [0.2, 0.25) is 0 Å². The van der Waals surface area contributed by atoms with E-state index in [4.69, 9.17) is 4.74 Å². The molecule has 1 saturated carbocycles. The fourth-order valence-electron chi connectivity index (χ4n) is 4.50. The molecule has 1 aliphatic carbocycles. The molecule has 5 rings (SSSR count). The number of ether oxygens (including phenoxy) is 1. The van der Waals surface area contributed by atoms with Crippen LogP contribution < -0.4 is 4.74 Å². The highest BCUT2D eigenvalue weighted by atomic mass is 32.2. The van der Waals surface area contributed by atoms with Crippen LogP contribution in [0.1, 0.15) is 53.3 Å². The summed E-state index contributed by atoms with van der Waals surface area (Å²) in [6.45, 7) is 2.13. The molecular formula is C23H23N3O3S. The van der Waals surface area contributed by atoms with Gasteiger partial charge >= 0.3 is 0 Å². The summed E-state index contributed by atoms with van der Waals surface area (Å²) in [6, 6.07) is 11.0. The maximum Gasteiger partial charge on any atom is 0.261 e. The first-order chi connectivity index (χ1) is 14.7. The normalized spacial score (nSPS) is 21.3. The van der Waals surface area contributed by atoms with Crippen molar-refractivity contribution in [1.29, 1.82) is 0 Å². The standard InChI is InChI=1S/C23H23N3O3S/c1-2-30-21-18-13-24-25-19(18)11-12-20(21)29-15-9-7-14(8-10-15)26-22(27)16-5-3-4-6-17(16)23(26)28/h3-6,11-15H,2,7-10H2,1H3,(H,24,25)/t14-,15+. The van der Waals surface area contributed by atoms with E-state index in [2.05, 4.69) is 17.1 Å². The fraction of sp³-hybridized carbons (Fsp3) is 0.348. The molecule has 7 heteroatoms. The van der Waals surface area contributed by atoms with Crippen LogP contribution in [0.25, 0.3) is 10.9 Å². The van der Waals surface area contributed by atoms with Crippen molar-refractivity contribution in [2.75, 3.05) is 5.75 Å². The number of fused-ring (bicyclic) bond motifs is 2. The highest BCUT2D eigenvalue weighted by molar-refractivity contribution is 7.99. The summed E-state index contributed by atoms with van der Waals surface area (Å²) in [5.41, 5.74) is 2.05. The number of nitrogens with zero attached hydrogens (tertiary/aromatic N) is 2. The Morgan fingerprint density at radius 2 is 1.77 bits per heavy atom. The van der Waals surface area contributed by atoms with E-state index in [1.807, 2.05) is 18.3 Å². The minimum Gasteiger partial charge on any atom is -0.489 e. The van der Waals surface area contributed by atoms with Gasteiger partial charge in [-0.1, -0.05) is 19.1 Å². The van der Waals surface area contributed by atoms with Crippen LogP contribution in [0.3, 0.4) is 0 Å². The van der Waals surface area contributed by atoms with Gasteiger partial charge < -0.3 is 4.74 Å². The third-order valence-corrected chi connectivity index (χ3v) is 6.95. The van der Waals surface area contributed by atoms with Gasteiger partial charge in [-0.25, -0.2) is 0 Å². The van der Waals surface area contributed by atoms with E-state index in [0.717, 1.165) is 53.0 Å². The van der Waals surface area contributed by atoms with Gasteiger partial charge in [-0.2, -0.15) is 5.10 Å². The lowest BCUT2D eigenvalue weighted by Crippen LogP contribution is -2.43. The zero-order chi connectivity index (χ0) is 20.7. The van der Waals surface area contributed by atoms with Gasteiger partial charge in [0.15, 0.2) is 0 Å². The number of thioether (sulfide) groups is 1. The van der Waals surface area contributed by atoms with E-state index in [1.165, 1.54) is 4.90 Å². The molecule has 3 aromatic rings. The highest BCUT2D eigenvalue weighted by Gasteiger charge is 2.41. The number of hydrogen-bond donors (Lipinski definition) is 1. The molecule has 1 fully saturated rings. The maximum atomic E-state index is 12.8. The second-order valence-corrected chi connectivity index (χ2v) is 9.01. The summed E-state index contributed by atoms with van der Waals surface area (Å²) >= 11 is 1.76. The number of nitrogens with one attached hydrogen (secondary N) is 1. The number of hydrogen-bond acceptors (Lipinski definition) is 5. The third kappa shape index (κ3) is 3.17. The number of aromatic nitrogens is 2. The zero-order valence-electron chi connectivity index (χ0n) is 16.8. The van der Waals surface area contributed by atoms with Crippen molar-refractivity contribution in [1.82, 2.24) is 15.1 Å². The van der Waals surface area contributed by atoms with E-state index >= 15 is 0 Å². The lowest BCUT2D eigenvalue weighted by molar-refractivity contribution is 0.0476. The number of H-pyrrole nitrogens is 1. The minimum atomic E-state index is -0.160. The smallest absolute Gasteiger partial charge is 0.261 e. The molecule has 1 N–H and O–H groups in total. The Morgan fingerprint density at radius 1 is 1.07 bits per heavy atom. The van der Waals surface area contributed by atoms with Crippen LogP contribution in [-0.4, -0.2) is 44.8 Å². The molecule has 0 atom stereocenters. The van der Waals surface area contributed by atoms with E-state index in [-0.39, 0.29) is 24.0 Å². The van der Waals surface area contributed by atoms with Crippen LogP contribution in [0.15, 0.2) is 47.5 Å². The lowest BCUT2D eigenvalue weighted by atomic mass is 9.91. The van der Waals surface area contributed by atoms with E-state index in [1.54, 1.807) is 36.0 Å². The summed E-state index contributed by atoms with van der Waals surface area (Å²) in [4.78, 5) is 28.1. The molecule has 0 radical (unpaired) electrons. The molecule has 2 amide bonds. The van der Waals surface area contributed by atoms with Gasteiger partial charge in [-0.3, -0.25) is 19.6 Å². The van der Waals surface area contributed by atoms with Crippen LogP contribution in [0.5, 0.6) is 5.75 Å².